The highest BCUT2D eigenvalue weighted by molar-refractivity contribution is 6.30. The highest BCUT2D eigenvalue weighted by Gasteiger charge is 2.39. The first-order chi connectivity index (χ1) is 17.1. The molecular formula is C25H16F2N2O7. The molecule has 0 aliphatic heterocycles. The van der Waals surface area contributed by atoms with E-state index in [0.29, 0.717) is 6.07 Å². The van der Waals surface area contributed by atoms with Crippen LogP contribution in [0.3, 0.4) is 0 Å². The number of amides is 1. The number of halogens is 2. The summed E-state index contributed by atoms with van der Waals surface area (Å²) in [5, 5.41) is 14.2. The number of hydrogen-bond acceptors (Lipinski definition) is 7. The fourth-order valence-electron chi connectivity index (χ4n) is 3.95. The van der Waals surface area contributed by atoms with Crippen molar-refractivity contribution in [3.63, 3.8) is 0 Å². The van der Waals surface area contributed by atoms with E-state index in [4.69, 9.17) is 4.74 Å². The molecule has 11 heteroatoms. The van der Waals surface area contributed by atoms with E-state index in [0.717, 1.165) is 24.3 Å². The van der Waals surface area contributed by atoms with E-state index in [1.807, 2.05) is 0 Å². The number of hydrogen-bond donors (Lipinski definition) is 1. The smallest absolute Gasteiger partial charge is 0.345 e. The Kier molecular flexibility index (Phi) is 6.39. The summed E-state index contributed by atoms with van der Waals surface area (Å²) in [4.78, 5) is 61.5. The maximum atomic E-state index is 13.9. The molecule has 9 nitrogen and oxygen atoms in total. The number of nitro groups is 1. The first kappa shape index (κ1) is 24.3. The molecule has 36 heavy (non-hydrogen) atoms. The van der Waals surface area contributed by atoms with Gasteiger partial charge >= 0.3 is 5.97 Å². The molecule has 1 aliphatic rings. The molecule has 1 atom stereocenters. The maximum absolute atomic E-state index is 13.9. The number of carbonyl (C=O) groups is 4. The molecule has 0 saturated carbocycles. The summed E-state index contributed by atoms with van der Waals surface area (Å²) in [7, 11) is 0. The van der Waals surface area contributed by atoms with Crippen LogP contribution in [0.1, 0.15) is 60.7 Å². The topological polar surface area (TPSA) is 133 Å². The molecule has 0 radical (unpaired) electrons. The van der Waals surface area contributed by atoms with Crippen molar-refractivity contribution in [3.05, 3.63) is 110 Å². The number of nitro benzene ring substituents is 1. The van der Waals surface area contributed by atoms with Gasteiger partial charge in [-0.1, -0.05) is 30.3 Å². The van der Waals surface area contributed by atoms with Gasteiger partial charge in [0.15, 0.2) is 12.4 Å². The van der Waals surface area contributed by atoms with Gasteiger partial charge in [-0.05, 0) is 25.1 Å². The van der Waals surface area contributed by atoms with E-state index in [9.17, 15) is 38.1 Å². The van der Waals surface area contributed by atoms with Gasteiger partial charge in [0.25, 0.3) is 11.6 Å². The molecule has 0 heterocycles. The lowest BCUT2D eigenvalue weighted by Gasteiger charge is -2.18. The van der Waals surface area contributed by atoms with Crippen molar-refractivity contribution in [1.29, 1.82) is 0 Å². The number of benzene rings is 3. The standard InChI is InChI=1S/C25H16F2N2O7/c1-12(14-7-6-13(26)10-19(14)27)28-20(30)11-36-25(33)18-9-8-17-21(22(18)29(34)35)24(32)16-5-3-2-4-15(16)23(17)31/h2-10,12H,11H2,1H3,(H,28,30). The van der Waals surface area contributed by atoms with Crippen molar-refractivity contribution in [2.24, 2.45) is 0 Å². The predicted octanol–water partition coefficient (Wildman–Crippen LogP) is 3.68. The number of carbonyl (C=O) groups excluding carboxylic acids is 4. The van der Waals surface area contributed by atoms with E-state index in [-0.39, 0.29) is 22.3 Å². The monoisotopic (exact) mass is 494 g/mol. The molecule has 182 valence electrons. The molecule has 0 spiro atoms. The Morgan fingerprint density at radius 1 is 1.00 bits per heavy atom. The van der Waals surface area contributed by atoms with Gasteiger partial charge in [-0.15, -0.1) is 0 Å². The second-order valence-electron chi connectivity index (χ2n) is 7.88. The molecule has 0 saturated heterocycles. The Labute approximate surface area is 201 Å². The fraction of sp³-hybridized carbons (Fsp3) is 0.120. The molecule has 1 unspecified atom stereocenters. The number of ether oxygens (including phenoxy) is 1. The van der Waals surface area contributed by atoms with Crippen LogP contribution in [0.15, 0.2) is 54.6 Å². The highest BCUT2D eigenvalue weighted by atomic mass is 19.1. The average molecular weight is 494 g/mol. The minimum atomic E-state index is -1.28. The van der Waals surface area contributed by atoms with E-state index in [1.54, 1.807) is 6.07 Å². The third kappa shape index (κ3) is 4.33. The third-order valence-corrected chi connectivity index (χ3v) is 5.61. The van der Waals surface area contributed by atoms with Crippen LogP contribution in [0.5, 0.6) is 0 Å². The molecule has 1 aliphatic carbocycles. The van der Waals surface area contributed by atoms with Gasteiger partial charge < -0.3 is 10.1 Å². The number of nitrogens with zero attached hydrogens (tertiary/aromatic N) is 1. The summed E-state index contributed by atoms with van der Waals surface area (Å²) >= 11 is 0. The Bertz CT molecular complexity index is 1470. The van der Waals surface area contributed by atoms with Crippen LogP contribution in [-0.2, 0) is 9.53 Å². The number of rotatable bonds is 6. The Balaban J connectivity index is 1.55. The highest BCUT2D eigenvalue weighted by Crippen LogP contribution is 2.35. The van der Waals surface area contributed by atoms with Crippen LogP contribution in [0.4, 0.5) is 14.5 Å². The largest absolute Gasteiger partial charge is 0.452 e. The van der Waals surface area contributed by atoms with Gasteiger partial charge in [-0.2, -0.15) is 0 Å². The maximum Gasteiger partial charge on any atom is 0.345 e. The van der Waals surface area contributed by atoms with Gasteiger partial charge in [0.2, 0.25) is 5.78 Å². The van der Waals surface area contributed by atoms with Crippen LogP contribution in [-0.4, -0.2) is 35.0 Å². The first-order valence-electron chi connectivity index (χ1n) is 10.5. The van der Waals surface area contributed by atoms with Gasteiger partial charge in [0.1, 0.15) is 22.8 Å². The molecule has 1 N–H and O–H groups in total. The summed E-state index contributed by atoms with van der Waals surface area (Å²) in [6.45, 7) is 0.542. The van der Waals surface area contributed by atoms with Gasteiger partial charge in [0.05, 0.1) is 11.0 Å². The second-order valence-corrected chi connectivity index (χ2v) is 7.88. The van der Waals surface area contributed by atoms with Crippen molar-refractivity contribution < 1.29 is 37.6 Å². The first-order valence-corrected chi connectivity index (χ1v) is 10.5. The SMILES string of the molecule is CC(NC(=O)COC(=O)c1ccc2c(c1[N+](=O)[O-])C(=O)c1ccccc1C2=O)c1ccc(F)cc1F. The Morgan fingerprint density at radius 3 is 2.31 bits per heavy atom. The number of fused-ring (bicyclic) bond motifs is 2. The molecule has 1 amide bonds. The van der Waals surface area contributed by atoms with Crippen molar-refractivity contribution in [3.8, 4) is 0 Å². The second kappa shape index (κ2) is 9.45. The van der Waals surface area contributed by atoms with Crippen molar-refractivity contribution in [2.45, 2.75) is 13.0 Å². The van der Waals surface area contributed by atoms with Crippen LogP contribution < -0.4 is 5.32 Å². The number of esters is 1. The molecule has 3 aromatic rings. The van der Waals surface area contributed by atoms with Gasteiger partial charge in [-0.3, -0.25) is 24.5 Å². The summed E-state index contributed by atoms with van der Waals surface area (Å²) < 4.78 is 31.9. The van der Waals surface area contributed by atoms with Crippen LogP contribution in [0.2, 0.25) is 0 Å². The lowest BCUT2D eigenvalue weighted by molar-refractivity contribution is -0.385. The van der Waals surface area contributed by atoms with Crippen molar-refractivity contribution in [1.82, 2.24) is 5.32 Å². The summed E-state index contributed by atoms with van der Waals surface area (Å²) in [6.07, 6.45) is 0. The van der Waals surface area contributed by atoms with Crippen LogP contribution in [0.25, 0.3) is 0 Å². The van der Waals surface area contributed by atoms with Gasteiger partial charge in [-0.25, -0.2) is 13.6 Å². The zero-order valence-corrected chi connectivity index (χ0v) is 18.5. The van der Waals surface area contributed by atoms with E-state index < -0.39 is 69.5 Å². The lowest BCUT2D eigenvalue weighted by Crippen LogP contribution is -2.31. The zero-order chi connectivity index (χ0) is 26.1. The van der Waals surface area contributed by atoms with Crippen LogP contribution >= 0.6 is 0 Å². The van der Waals surface area contributed by atoms with Gasteiger partial charge in [0, 0.05) is 28.3 Å². The predicted molar refractivity (Wildman–Crippen MR) is 120 cm³/mol. The minimum Gasteiger partial charge on any atom is -0.452 e. The average Bonchev–Trinajstić information content (AvgIpc) is 2.84. The Hall–Kier alpha value is -4.80. The number of ketones is 2. The van der Waals surface area contributed by atoms with Crippen molar-refractivity contribution >= 4 is 29.1 Å². The zero-order valence-electron chi connectivity index (χ0n) is 18.5. The molecule has 0 aromatic heterocycles. The molecule has 0 bridgehead atoms. The quantitative estimate of drug-likeness (QED) is 0.246. The summed E-state index contributed by atoms with van der Waals surface area (Å²) in [5.74, 6) is -5.22. The van der Waals surface area contributed by atoms with E-state index in [2.05, 4.69) is 5.32 Å². The normalized spacial score (nSPS) is 12.9. The summed E-state index contributed by atoms with van der Waals surface area (Å²) in [6, 6.07) is 9.82. The lowest BCUT2D eigenvalue weighted by atomic mass is 9.82. The van der Waals surface area contributed by atoms with E-state index in [1.165, 1.54) is 25.1 Å². The molecule has 3 aromatic carbocycles. The van der Waals surface area contributed by atoms with Crippen molar-refractivity contribution in [2.75, 3.05) is 6.61 Å². The molecular weight excluding hydrogens is 478 g/mol. The minimum absolute atomic E-state index is 0.00939. The fourth-order valence-corrected chi connectivity index (χ4v) is 3.95. The number of nitrogens with one attached hydrogen (secondary N) is 1. The summed E-state index contributed by atoms with van der Waals surface area (Å²) in [5.41, 5.74) is -2.26. The van der Waals surface area contributed by atoms with E-state index >= 15 is 0 Å². The molecule has 0 fully saturated rings. The third-order valence-electron chi connectivity index (χ3n) is 5.61. The van der Waals surface area contributed by atoms with Crippen LogP contribution in [0, 0.1) is 21.7 Å². The molecule has 4 rings (SSSR count). The Morgan fingerprint density at radius 2 is 1.67 bits per heavy atom.